The Bertz CT molecular complexity index is 978. The van der Waals surface area contributed by atoms with Crippen molar-refractivity contribution in [3.8, 4) is 0 Å². The summed E-state index contributed by atoms with van der Waals surface area (Å²) in [7, 11) is -3.65. The van der Waals surface area contributed by atoms with Gasteiger partial charge in [-0.15, -0.1) is 6.58 Å². The Hall–Kier alpha value is -2.97. The Morgan fingerprint density at radius 2 is 1.52 bits per heavy atom. The first-order valence-corrected chi connectivity index (χ1v) is 11.8. The Morgan fingerprint density at radius 3 is 2.00 bits per heavy atom. The zero-order valence-electron chi connectivity index (χ0n) is 17.9. The van der Waals surface area contributed by atoms with E-state index in [9.17, 15) is 18.0 Å². The normalized spacial score (nSPS) is 12.2. The summed E-state index contributed by atoms with van der Waals surface area (Å²) < 4.78 is 25.8. The molecule has 8 heteroatoms. The Morgan fingerprint density at radius 1 is 1.00 bits per heavy atom. The monoisotopic (exact) mass is 443 g/mol. The smallest absolute Gasteiger partial charge is 0.242 e. The van der Waals surface area contributed by atoms with Crippen LogP contribution in [-0.2, 0) is 32.7 Å². The first-order valence-electron chi connectivity index (χ1n) is 9.93. The van der Waals surface area contributed by atoms with Crippen molar-refractivity contribution in [1.82, 2.24) is 14.5 Å². The minimum Gasteiger partial charge on any atom is -0.351 e. The van der Waals surface area contributed by atoms with E-state index in [1.807, 2.05) is 48.5 Å². The van der Waals surface area contributed by atoms with Crippen LogP contribution in [0.25, 0.3) is 0 Å². The van der Waals surface area contributed by atoms with Gasteiger partial charge < -0.3 is 10.2 Å². The maximum Gasteiger partial charge on any atom is 0.242 e. The van der Waals surface area contributed by atoms with Crippen LogP contribution in [0.1, 0.15) is 18.1 Å². The number of carbonyl (C=O) groups is 2. The van der Waals surface area contributed by atoms with Gasteiger partial charge >= 0.3 is 0 Å². The maximum atomic E-state index is 13.2. The molecular formula is C23H29N3O4S. The van der Waals surface area contributed by atoms with Crippen LogP contribution in [0.15, 0.2) is 73.3 Å². The molecule has 0 unspecified atom stereocenters. The first-order chi connectivity index (χ1) is 14.7. The molecule has 0 spiro atoms. The molecule has 31 heavy (non-hydrogen) atoms. The number of hydrogen-bond donors (Lipinski definition) is 1. The number of nitrogens with one attached hydrogen (secondary N) is 1. The van der Waals surface area contributed by atoms with E-state index in [0.717, 1.165) is 21.7 Å². The highest BCUT2D eigenvalue weighted by atomic mass is 32.2. The molecule has 2 aromatic rings. The van der Waals surface area contributed by atoms with Gasteiger partial charge in [0.1, 0.15) is 6.04 Å². The molecule has 0 fully saturated rings. The second-order valence-electron chi connectivity index (χ2n) is 7.23. The number of sulfonamides is 1. The van der Waals surface area contributed by atoms with E-state index in [4.69, 9.17) is 0 Å². The van der Waals surface area contributed by atoms with Crippen molar-refractivity contribution in [2.45, 2.75) is 26.1 Å². The highest BCUT2D eigenvalue weighted by Crippen LogP contribution is 2.13. The Balaban J connectivity index is 2.26. The molecule has 0 aromatic heterocycles. The standard InChI is InChI=1S/C23H29N3O4S/c1-4-15-24-23(28)19(2)26(17-21-13-9-6-10-14-21)22(27)18-25(31(3,29)30)16-20-11-7-5-8-12-20/h4-14,19H,1,15-18H2,2-3H3,(H,24,28)/t19-/m0/s1. The Kier molecular flexibility index (Phi) is 8.96. The van der Waals surface area contributed by atoms with Crippen LogP contribution in [0.4, 0.5) is 0 Å². The Labute approximate surface area is 184 Å². The van der Waals surface area contributed by atoms with E-state index >= 15 is 0 Å². The van der Waals surface area contributed by atoms with Crippen LogP contribution >= 0.6 is 0 Å². The molecule has 0 aliphatic rings. The van der Waals surface area contributed by atoms with Crippen molar-refractivity contribution >= 4 is 21.8 Å². The SMILES string of the molecule is C=CCNC(=O)[C@H](C)N(Cc1ccccc1)C(=O)CN(Cc1ccccc1)S(C)(=O)=O. The number of rotatable bonds is 11. The van der Waals surface area contributed by atoms with E-state index in [-0.39, 0.29) is 32.1 Å². The summed E-state index contributed by atoms with van der Waals surface area (Å²) >= 11 is 0. The van der Waals surface area contributed by atoms with Crippen molar-refractivity contribution in [2.24, 2.45) is 0 Å². The van der Waals surface area contributed by atoms with Gasteiger partial charge in [0.05, 0.1) is 12.8 Å². The van der Waals surface area contributed by atoms with E-state index in [2.05, 4.69) is 11.9 Å². The number of carbonyl (C=O) groups excluding carboxylic acids is 2. The molecule has 1 atom stereocenters. The van der Waals surface area contributed by atoms with Crippen molar-refractivity contribution in [1.29, 1.82) is 0 Å². The third-order valence-electron chi connectivity index (χ3n) is 4.77. The average molecular weight is 444 g/mol. The fourth-order valence-electron chi connectivity index (χ4n) is 3.00. The molecule has 0 radical (unpaired) electrons. The largest absolute Gasteiger partial charge is 0.351 e. The van der Waals surface area contributed by atoms with E-state index in [1.54, 1.807) is 25.1 Å². The zero-order chi connectivity index (χ0) is 22.9. The quantitative estimate of drug-likeness (QED) is 0.539. The lowest BCUT2D eigenvalue weighted by Crippen LogP contribution is -2.51. The summed E-state index contributed by atoms with van der Waals surface area (Å²) in [6, 6.07) is 17.5. The summed E-state index contributed by atoms with van der Waals surface area (Å²) in [6.45, 7) is 5.38. The third-order valence-corrected chi connectivity index (χ3v) is 5.96. The minimum absolute atomic E-state index is 0.0711. The molecule has 1 N–H and O–H groups in total. The lowest BCUT2D eigenvalue weighted by molar-refractivity contribution is -0.140. The highest BCUT2D eigenvalue weighted by molar-refractivity contribution is 7.88. The fourth-order valence-corrected chi connectivity index (χ4v) is 3.73. The summed E-state index contributed by atoms with van der Waals surface area (Å²) in [5, 5.41) is 2.69. The third kappa shape index (κ3) is 7.66. The summed E-state index contributed by atoms with van der Waals surface area (Å²) in [5.74, 6) is -0.787. The van der Waals surface area contributed by atoms with Crippen LogP contribution < -0.4 is 5.32 Å². The second kappa shape index (κ2) is 11.4. The van der Waals surface area contributed by atoms with Gasteiger partial charge in [0.15, 0.2) is 0 Å². The van der Waals surface area contributed by atoms with Crippen molar-refractivity contribution in [2.75, 3.05) is 19.3 Å². The molecule has 2 aromatic carbocycles. The molecule has 2 amide bonds. The van der Waals surface area contributed by atoms with Gasteiger partial charge in [-0.05, 0) is 18.1 Å². The van der Waals surface area contributed by atoms with Gasteiger partial charge in [0.2, 0.25) is 21.8 Å². The minimum atomic E-state index is -3.65. The number of amides is 2. The second-order valence-corrected chi connectivity index (χ2v) is 9.22. The van der Waals surface area contributed by atoms with Gasteiger partial charge in [-0.3, -0.25) is 9.59 Å². The summed E-state index contributed by atoms with van der Waals surface area (Å²) in [4.78, 5) is 27.2. The molecule has 7 nitrogen and oxygen atoms in total. The van der Waals surface area contributed by atoms with Gasteiger partial charge in [-0.2, -0.15) is 4.31 Å². The molecule has 0 aliphatic carbocycles. The first kappa shape index (κ1) is 24.3. The van der Waals surface area contributed by atoms with Crippen LogP contribution in [0.5, 0.6) is 0 Å². The van der Waals surface area contributed by atoms with Crippen LogP contribution in [-0.4, -0.2) is 54.8 Å². The molecule has 0 heterocycles. The molecule has 0 bridgehead atoms. The number of hydrogen-bond acceptors (Lipinski definition) is 4. The van der Waals surface area contributed by atoms with Gasteiger partial charge in [-0.25, -0.2) is 8.42 Å². The summed E-state index contributed by atoms with van der Waals surface area (Å²) in [5.41, 5.74) is 1.61. The van der Waals surface area contributed by atoms with Crippen LogP contribution in [0, 0.1) is 0 Å². The molecule has 0 saturated carbocycles. The molecule has 166 valence electrons. The zero-order valence-corrected chi connectivity index (χ0v) is 18.7. The van der Waals surface area contributed by atoms with Gasteiger partial charge in [0, 0.05) is 19.6 Å². The molecule has 0 saturated heterocycles. The highest BCUT2D eigenvalue weighted by Gasteiger charge is 2.29. The van der Waals surface area contributed by atoms with Gasteiger partial charge in [0.25, 0.3) is 0 Å². The average Bonchev–Trinajstić information content (AvgIpc) is 2.75. The lowest BCUT2D eigenvalue weighted by atomic mass is 10.1. The van der Waals surface area contributed by atoms with E-state index < -0.39 is 22.0 Å². The molecule has 2 rings (SSSR count). The van der Waals surface area contributed by atoms with Gasteiger partial charge in [-0.1, -0.05) is 66.7 Å². The maximum absolute atomic E-state index is 13.2. The summed E-state index contributed by atoms with van der Waals surface area (Å²) in [6.07, 6.45) is 2.63. The predicted molar refractivity (Wildman–Crippen MR) is 121 cm³/mol. The number of nitrogens with zero attached hydrogens (tertiary/aromatic N) is 2. The molecule has 0 aliphatic heterocycles. The number of benzene rings is 2. The lowest BCUT2D eigenvalue weighted by Gasteiger charge is -2.30. The van der Waals surface area contributed by atoms with Crippen LogP contribution in [0.3, 0.4) is 0 Å². The van der Waals surface area contributed by atoms with Crippen molar-refractivity contribution < 1.29 is 18.0 Å². The van der Waals surface area contributed by atoms with E-state index in [1.165, 1.54) is 4.90 Å². The topological polar surface area (TPSA) is 86.8 Å². The van der Waals surface area contributed by atoms with Crippen LogP contribution in [0.2, 0.25) is 0 Å². The molecular weight excluding hydrogens is 414 g/mol. The van der Waals surface area contributed by atoms with Crippen molar-refractivity contribution in [3.63, 3.8) is 0 Å². The van der Waals surface area contributed by atoms with E-state index in [0.29, 0.717) is 0 Å². The predicted octanol–water partition coefficient (Wildman–Crippen LogP) is 2.17. The van der Waals surface area contributed by atoms with Crippen molar-refractivity contribution in [3.05, 3.63) is 84.4 Å². The fraction of sp³-hybridized carbons (Fsp3) is 0.304.